The summed E-state index contributed by atoms with van der Waals surface area (Å²) in [7, 11) is -4.92. The lowest BCUT2D eigenvalue weighted by Gasteiger charge is -2.33. The lowest BCUT2D eigenvalue weighted by molar-refractivity contribution is -0.147. The van der Waals surface area contributed by atoms with Crippen LogP contribution in [0.5, 0.6) is 0 Å². The minimum atomic E-state index is -4.92. The predicted octanol–water partition coefficient (Wildman–Crippen LogP) is 3.58. The van der Waals surface area contributed by atoms with Crippen molar-refractivity contribution in [1.29, 1.82) is 0 Å². The smallest absolute Gasteiger partial charge is 0.416 e. The summed E-state index contributed by atoms with van der Waals surface area (Å²) in [5.74, 6) is -2.57. The molecule has 0 bridgehead atoms. The van der Waals surface area contributed by atoms with E-state index in [1.54, 1.807) is 19.1 Å². The molecule has 184 valence electrons. The van der Waals surface area contributed by atoms with Gasteiger partial charge in [0, 0.05) is 6.54 Å². The number of carboxylic acids is 1. The molecular formula is C23H25F3N2O5S. The number of halogens is 3. The number of hydrogen-bond donors (Lipinski definition) is 2. The number of carboxylic acid groups (broad SMARTS) is 1. The summed E-state index contributed by atoms with van der Waals surface area (Å²) in [6, 6.07) is 7.36. The van der Waals surface area contributed by atoms with E-state index < -0.39 is 50.6 Å². The van der Waals surface area contributed by atoms with Crippen LogP contribution in [0.15, 0.2) is 53.4 Å². The Morgan fingerprint density at radius 2 is 1.82 bits per heavy atom. The molecule has 2 atom stereocenters. The Labute approximate surface area is 195 Å². The van der Waals surface area contributed by atoms with E-state index in [0.29, 0.717) is 25.0 Å². The molecule has 1 aliphatic rings. The van der Waals surface area contributed by atoms with E-state index >= 15 is 0 Å². The van der Waals surface area contributed by atoms with E-state index in [1.165, 1.54) is 0 Å². The first kappa shape index (κ1) is 25.7. The fourth-order valence-electron chi connectivity index (χ4n) is 3.91. The summed E-state index contributed by atoms with van der Waals surface area (Å²) in [4.78, 5) is 24.8. The van der Waals surface area contributed by atoms with Crippen LogP contribution in [-0.4, -0.2) is 41.8 Å². The van der Waals surface area contributed by atoms with Crippen LogP contribution in [0.4, 0.5) is 13.2 Å². The summed E-state index contributed by atoms with van der Waals surface area (Å²) >= 11 is 0. The number of unbranched alkanes of at least 4 members (excludes halogenated alkanes) is 1. The number of carbonyl (C=O) groups is 2. The molecular weight excluding hydrogens is 473 g/mol. The number of sulfonamides is 1. The molecule has 0 radical (unpaired) electrons. The molecule has 1 amide bonds. The third-order valence-corrected chi connectivity index (χ3v) is 7.52. The van der Waals surface area contributed by atoms with E-state index in [9.17, 15) is 36.3 Å². The van der Waals surface area contributed by atoms with Crippen LogP contribution >= 0.6 is 0 Å². The first-order chi connectivity index (χ1) is 16.0. The number of benzene rings is 2. The molecule has 2 N–H and O–H groups in total. The van der Waals surface area contributed by atoms with Crippen LogP contribution in [-0.2, 0) is 38.8 Å². The number of carbonyl (C=O) groups excluding carboxylic acids is 1. The highest BCUT2D eigenvalue weighted by Gasteiger charge is 2.43. The van der Waals surface area contributed by atoms with Gasteiger partial charge in [-0.05, 0) is 42.2 Å². The largest absolute Gasteiger partial charge is 0.480 e. The molecule has 1 aliphatic heterocycles. The fraction of sp³-hybridized carbons (Fsp3) is 0.391. The van der Waals surface area contributed by atoms with E-state index in [-0.39, 0.29) is 23.7 Å². The minimum absolute atomic E-state index is 0.115. The molecule has 2 aromatic rings. The van der Waals surface area contributed by atoms with Crippen LogP contribution in [0.3, 0.4) is 0 Å². The summed E-state index contributed by atoms with van der Waals surface area (Å²) in [5, 5.41) is 12.7. The zero-order valence-electron chi connectivity index (χ0n) is 18.4. The number of fused-ring (bicyclic) bond motifs is 1. The second kappa shape index (κ2) is 10.1. The van der Waals surface area contributed by atoms with Gasteiger partial charge in [-0.2, -0.15) is 13.2 Å². The maximum absolute atomic E-state index is 13.5. The summed E-state index contributed by atoms with van der Waals surface area (Å²) in [6.07, 6.45) is -4.03. The monoisotopic (exact) mass is 498 g/mol. The van der Waals surface area contributed by atoms with E-state index in [2.05, 4.69) is 5.32 Å². The average molecular weight is 499 g/mol. The third kappa shape index (κ3) is 5.41. The van der Waals surface area contributed by atoms with Crippen molar-refractivity contribution in [2.75, 3.05) is 0 Å². The normalized spacial score (nSPS) is 17.0. The van der Waals surface area contributed by atoms with Crippen molar-refractivity contribution in [3.05, 3.63) is 65.2 Å². The number of hydrogen-bond acceptors (Lipinski definition) is 5. The van der Waals surface area contributed by atoms with Gasteiger partial charge in [0.05, 0.1) is 16.5 Å². The van der Waals surface area contributed by atoms with Gasteiger partial charge in [0.1, 0.15) is 6.04 Å². The van der Waals surface area contributed by atoms with Gasteiger partial charge in [-0.15, -0.1) is 0 Å². The Morgan fingerprint density at radius 1 is 1.15 bits per heavy atom. The highest BCUT2D eigenvalue weighted by molar-refractivity contribution is 7.89. The molecule has 0 saturated carbocycles. The van der Waals surface area contributed by atoms with Crippen LogP contribution in [0.2, 0.25) is 0 Å². The maximum Gasteiger partial charge on any atom is 0.416 e. The number of nitrogens with one attached hydrogen (secondary N) is 1. The van der Waals surface area contributed by atoms with Gasteiger partial charge in [-0.3, -0.25) is 4.79 Å². The molecule has 2 aromatic carbocycles. The van der Waals surface area contributed by atoms with E-state index in [1.807, 2.05) is 12.1 Å². The third-order valence-electron chi connectivity index (χ3n) is 5.71. The van der Waals surface area contributed by atoms with Crippen LogP contribution in [0, 0.1) is 0 Å². The summed E-state index contributed by atoms with van der Waals surface area (Å²) in [5.41, 5.74) is 0.502. The first-order valence-electron chi connectivity index (χ1n) is 10.7. The van der Waals surface area contributed by atoms with Crippen LogP contribution in [0.1, 0.15) is 42.9 Å². The van der Waals surface area contributed by atoms with Gasteiger partial charge in [-0.1, -0.05) is 50.1 Å². The van der Waals surface area contributed by atoms with Gasteiger partial charge < -0.3 is 10.4 Å². The van der Waals surface area contributed by atoms with Gasteiger partial charge in [-0.25, -0.2) is 17.5 Å². The first-order valence-corrected chi connectivity index (χ1v) is 12.2. The number of amides is 1. The molecule has 0 aliphatic carbocycles. The van der Waals surface area contributed by atoms with Crippen molar-refractivity contribution in [3.8, 4) is 0 Å². The Morgan fingerprint density at radius 3 is 2.44 bits per heavy atom. The second-order valence-electron chi connectivity index (χ2n) is 8.07. The van der Waals surface area contributed by atoms with Gasteiger partial charge in [0.2, 0.25) is 0 Å². The van der Waals surface area contributed by atoms with Crippen LogP contribution < -0.4 is 5.32 Å². The topological polar surface area (TPSA) is 104 Å². The van der Waals surface area contributed by atoms with Gasteiger partial charge in [0.25, 0.3) is 15.9 Å². The molecule has 0 aromatic heterocycles. The van der Waals surface area contributed by atoms with Crippen LogP contribution in [0.25, 0.3) is 0 Å². The predicted molar refractivity (Wildman–Crippen MR) is 117 cm³/mol. The molecule has 0 unspecified atom stereocenters. The Bertz CT molecular complexity index is 1170. The molecule has 34 heavy (non-hydrogen) atoms. The van der Waals surface area contributed by atoms with Crippen molar-refractivity contribution in [3.63, 3.8) is 0 Å². The second-order valence-corrected chi connectivity index (χ2v) is 9.88. The zero-order chi connectivity index (χ0) is 25.1. The standard InChI is InChI=1S/C23H25F3N2O5S/c1-2-3-11-20(22(30)31)28(21(29)19-12-15-7-4-5-8-16(15)14-27-19)34(32,33)18-10-6-9-17(13-18)23(24,25)26/h4-10,13,19-20,27H,2-3,11-12,14H2,1H3,(H,30,31)/t19-,20-/m0/s1. The van der Waals surface area contributed by atoms with Crippen molar-refractivity contribution in [1.82, 2.24) is 9.62 Å². The quantitative estimate of drug-likeness (QED) is 0.577. The summed E-state index contributed by atoms with van der Waals surface area (Å²) in [6.45, 7) is 2.03. The van der Waals surface area contributed by atoms with Crippen molar-refractivity contribution in [2.24, 2.45) is 0 Å². The van der Waals surface area contributed by atoms with Gasteiger partial charge in [0.15, 0.2) is 0 Å². The molecule has 11 heteroatoms. The van der Waals surface area contributed by atoms with Crippen molar-refractivity contribution < 1.29 is 36.3 Å². The highest BCUT2D eigenvalue weighted by Crippen LogP contribution is 2.32. The van der Waals surface area contributed by atoms with Gasteiger partial charge >= 0.3 is 12.1 Å². The zero-order valence-corrected chi connectivity index (χ0v) is 19.2. The Kier molecular flexibility index (Phi) is 7.67. The lowest BCUT2D eigenvalue weighted by atomic mass is 9.95. The number of nitrogens with zero attached hydrogens (tertiary/aromatic N) is 1. The van der Waals surface area contributed by atoms with E-state index in [4.69, 9.17) is 0 Å². The Balaban J connectivity index is 2.07. The molecule has 3 rings (SSSR count). The molecule has 1 heterocycles. The maximum atomic E-state index is 13.5. The Hall–Kier alpha value is -2.92. The average Bonchev–Trinajstić information content (AvgIpc) is 2.80. The highest BCUT2D eigenvalue weighted by atomic mass is 32.2. The van der Waals surface area contributed by atoms with Crippen molar-refractivity contribution >= 4 is 21.9 Å². The molecule has 0 spiro atoms. The molecule has 7 nitrogen and oxygen atoms in total. The fourth-order valence-corrected chi connectivity index (χ4v) is 5.56. The van der Waals surface area contributed by atoms with Crippen molar-refractivity contribution in [2.45, 2.75) is 62.3 Å². The lowest BCUT2D eigenvalue weighted by Crippen LogP contribution is -2.56. The SMILES string of the molecule is CCCC[C@@H](C(=O)O)N(C(=O)[C@@H]1Cc2ccccc2CN1)S(=O)(=O)c1cccc(C(F)(F)F)c1. The number of alkyl halides is 3. The summed E-state index contributed by atoms with van der Waals surface area (Å²) < 4.78 is 66.9. The molecule has 0 fully saturated rings. The number of aliphatic carboxylic acids is 1. The number of rotatable bonds is 8. The minimum Gasteiger partial charge on any atom is -0.480 e. The van der Waals surface area contributed by atoms with E-state index in [0.717, 1.165) is 23.3 Å². The molecule has 0 saturated heterocycles.